The van der Waals surface area contributed by atoms with E-state index in [0.717, 1.165) is 21.5 Å². The number of aryl methyl sites for hydroxylation is 1. The minimum atomic E-state index is 0.451. The molecule has 1 aliphatic carbocycles. The van der Waals surface area contributed by atoms with Crippen LogP contribution in [0.5, 0.6) is 5.75 Å². The summed E-state index contributed by atoms with van der Waals surface area (Å²) >= 11 is 3.43. The van der Waals surface area contributed by atoms with E-state index in [9.17, 15) is 0 Å². The zero-order valence-electron chi connectivity index (χ0n) is 12.2. The second-order valence-electron chi connectivity index (χ2n) is 5.66. The van der Waals surface area contributed by atoms with Crippen molar-refractivity contribution in [3.05, 3.63) is 40.1 Å². The Labute approximate surface area is 133 Å². The summed E-state index contributed by atoms with van der Waals surface area (Å²) in [6.07, 6.45) is 7.16. The summed E-state index contributed by atoms with van der Waals surface area (Å²) in [4.78, 5) is 0. The Hall–Kier alpha value is -1.49. The maximum Gasteiger partial charge on any atom is 0.145 e. The first-order chi connectivity index (χ1) is 10.1. The van der Waals surface area contributed by atoms with Crippen LogP contribution in [0.15, 0.2) is 28.9 Å². The number of aromatic nitrogens is 2. The summed E-state index contributed by atoms with van der Waals surface area (Å²) in [5.74, 6) is 0.744. The van der Waals surface area contributed by atoms with E-state index in [1.165, 1.54) is 25.7 Å². The molecule has 1 aliphatic rings. The third-order valence-electron chi connectivity index (χ3n) is 3.99. The molecule has 0 radical (unpaired) electrons. The van der Waals surface area contributed by atoms with E-state index in [1.807, 2.05) is 25.1 Å². The highest BCUT2D eigenvalue weighted by Gasteiger charge is 2.17. The molecule has 1 aromatic heterocycles. The van der Waals surface area contributed by atoms with Crippen LogP contribution in [0.25, 0.3) is 0 Å². The lowest BCUT2D eigenvalue weighted by Gasteiger charge is -2.12. The molecule has 0 amide bonds. The van der Waals surface area contributed by atoms with E-state index in [0.29, 0.717) is 18.3 Å². The third-order valence-corrected chi connectivity index (χ3v) is 4.45. The minimum absolute atomic E-state index is 0.451. The molecule has 2 N–H and O–H groups in total. The lowest BCUT2D eigenvalue weighted by Crippen LogP contribution is -2.07. The van der Waals surface area contributed by atoms with E-state index >= 15 is 0 Å². The van der Waals surface area contributed by atoms with Crippen LogP contribution in [-0.2, 0) is 6.61 Å². The number of nitrogens with zero attached hydrogens (tertiary/aromatic N) is 2. The summed E-state index contributed by atoms with van der Waals surface area (Å²) < 4.78 is 8.92. The Morgan fingerprint density at radius 2 is 2.14 bits per heavy atom. The van der Waals surface area contributed by atoms with Crippen molar-refractivity contribution in [3.8, 4) is 5.75 Å². The molecule has 21 heavy (non-hydrogen) atoms. The molecule has 0 unspecified atom stereocenters. The molecule has 0 saturated heterocycles. The molecule has 0 spiro atoms. The van der Waals surface area contributed by atoms with Gasteiger partial charge in [-0.1, -0.05) is 28.8 Å². The van der Waals surface area contributed by atoms with Crippen molar-refractivity contribution in [2.24, 2.45) is 0 Å². The molecular formula is C16H20BrN3O. The molecule has 1 fully saturated rings. The van der Waals surface area contributed by atoms with Gasteiger partial charge in [0.05, 0.1) is 17.4 Å². The number of nitrogens with two attached hydrogens (primary N) is 1. The quantitative estimate of drug-likeness (QED) is 0.840. The highest BCUT2D eigenvalue weighted by molar-refractivity contribution is 9.10. The van der Waals surface area contributed by atoms with Crippen molar-refractivity contribution >= 4 is 21.6 Å². The van der Waals surface area contributed by atoms with Gasteiger partial charge in [-0.15, -0.1) is 0 Å². The van der Waals surface area contributed by atoms with Gasteiger partial charge >= 0.3 is 0 Å². The SMILES string of the molecule is Cc1cc(Br)cc(N)c1OCc1ccn(C2CCCC2)n1. The molecule has 0 aliphatic heterocycles. The number of hydrogen-bond acceptors (Lipinski definition) is 3. The highest BCUT2D eigenvalue weighted by atomic mass is 79.9. The van der Waals surface area contributed by atoms with E-state index < -0.39 is 0 Å². The van der Waals surface area contributed by atoms with Crippen LogP contribution in [0.2, 0.25) is 0 Å². The molecule has 1 aromatic carbocycles. The largest absolute Gasteiger partial charge is 0.485 e. The predicted molar refractivity (Wildman–Crippen MR) is 87.4 cm³/mol. The number of nitrogen functional groups attached to an aromatic ring is 1. The van der Waals surface area contributed by atoms with Crippen LogP contribution in [0.4, 0.5) is 5.69 Å². The molecule has 2 aromatic rings. The second kappa shape index (κ2) is 6.10. The van der Waals surface area contributed by atoms with Crippen molar-refractivity contribution in [1.82, 2.24) is 9.78 Å². The van der Waals surface area contributed by atoms with Gasteiger partial charge in [-0.25, -0.2) is 0 Å². The molecule has 1 saturated carbocycles. The first-order valence-corrected chi connectivity index (χ1v) is 8.15. The zero-order chi connectivity index (χ0) is 14.8. The molecule has 5 heteroatoms. The fourth-order valence-corrected chi connectivity index (χ4v) is 3.52. The van der Waals surface area contributed by atoms with Crippen LogP contribution >= 0.6 is 15.9 Å². The Morgan fingerprint density at radius 3 is 2.86 bits per heavy atom. The van der Waals surface area contributed by atoms with Crippen molar-refractivity contribution in [2.45, 2.75) is 45.3 Å². The standard InChI is InChI=1S/C16H20BrN3O/c1-11-8-12(17)9-15(18)16(11)21-10-13-6-7-20(19-13)14-4-2-3-5-14/h6-9,14H,2-5,10,18H2,1H3. The van der Waals surface area contributed by atoms with Crippen molar-refractivity contribution < 1.29 is 4.74 Å². The normalized spacial score (nSPS) is 15.5. The summed E-state index contributed by atoms with van der Waals surface area (Å²) in [7, 11) is 0. The first-order valence-electron chi connectivity index (χ1n) is 7.36. The summed E-state index contributed by atoms with van der Waals surface area (Å²) in [5, 5.41) is 4.63. The Morgan fingerprint density at radius 1 is 1.38 bits per heavy atom. The maximum absolute atomic E-state index is 6.01. The zero-order valence-corrected chi connectivity index (χ0v) is 13.8. The van der Waals surface area contributed by atoms with Crippen molar-refractivity contribution in [1.29, 1.82) is 0 Å². The fourth-order valence-electron chi connectivity index (χ4n) is 2.93. The third kappa shape index (κ3) is 3.23. The van der Waals surface area contributed by atoms with Gasteiger partial charge in [0.15, 0.2) is 0 Å². The lowest BCUT2D eigenvalue weighted by molar-refractivity contribution is 0.297. The van der Waals surface area contributed by atoms with Crippen LogP contribution in [0.1, 0.15) is 43.0 Å². The van der Waals surface area contributed by atoms with Crippen LogP contribution < -0.4 is 10.5 Å². The lowest BCUT2D eigenvalue weighted by atomic mass is 10.2. The summed E-state index contributed by atoms with van der Waals surface area (Å²) in [6, 6.07) is 6.46. The van der Waals surface area contributed by atoms with Crippen LogP contribution in [0, 0.1) is 6.92 Å². The van der Waals surface area contributed by atoms with Crippen LogP contribution in [0.3, 0.4) is 0 Å². The summed E-state index contributed by atoms with van der Waals surface area (Å²) in [5.41, 5.74) is 8.63. The highest BCUT2D eigenvalue weighted by Crippen LogP contribution is 2.31. The van der Waals surface area contributed by atoms with Gasteiger partial charge in [-0.05, 0) is 43.5 Å². The van der Waals surface area contributed by atoms with Crippen molar-refractivity contribution in [3.63, 3.8) is 0 Å². The first kappa shape index (κ1) is 14.4. The molecule has 0 bridgehead atoms. The van der Waals surface area contributed by atoms with Crippen molar-refractivity contribution in [2.75, 3.05) is 5.73 Å². The Kier molecular flexibility index (Phi) is 4.19. The maximum atomic E-state index is 6.01. The van der Waals surface area contributed by atoms with E-state index in [-0.39, 0.29) is 0 Å². The molecule has 112 valence electrons. The number of benzene rings is 1. The van der Waals surface area contributed by atoms with Gasteiger partial charge in [0.1, 0.15) is 12.4 Å². The molecule has 1 heterocycles. The van der Waals surface area contributed by atoms with Gasteiger partial charge < -0.3 is 10.5 Å². The van der Waals surface area contributed by atoms with Gasteiger partial charge in [0.25, 0.3) is 0 Å². The van der Waals surface area contributed by atoms with E-state index in [4.69, 9.17) is 10.5 Å². The topological polar surface area (TPSA) is 53.1 Å². The average molecular weight is 350 g/mol. The number of ether oxygens (including phenoxy) is 1. The number of hydrogen-bond donors (Lipinski definition) is 1. The average Bonchev–Trinajstić information content (AvgIpc) is 3.08. The van der Waals surface area contributed by atoms with E-state index in [2.05, 4.69) is 31.9 Å². The fraction of sp³-hybridized carbons (Fsp3) is 0.438. The Bertz CT molecular complexity index is 609. The number of halogens is 1. The molecule has 4 nitrogen and oxygen atoms in total. The van der Waals surface area contributed by atoms with Crippen LogP contribution in [-0.4, -0.2) is 9.78 Å². The Balaban J connectivity index is 1.68. The van der Waals surface area contributed by atoms with Gasteiger partial charge in [0, 0.05) is 10.7 Å². The molecular weight excluding hydrogens is 330 g/mol. The molecule has 0 atom stereocenters. The smallest absolute Gasteiger partial charge is 0.145 e. The number of rotatable bonds is 4. The second-order valence-corrected chi connectivity index (χ2v) is 6.57. The minimum Gasteiger partial charge on any atom is -0.485 e. The van der Waals surface area contributed by atoms with Gasteiger partial charge in [0.2, 0.25) is 0 Å². The summed E-state index contributed by atoms with van der Waals surface area (Å²) in [6.45, 7) is 2.44. The monoisotopic (exact) mass is 349 g/mol. The number of anilines is 1. The van der Waals surface area contributed by atoms with Gasteiger partial charge in [-0.2, -0.15) is 5.10 Å². The van der Waals surface area contributed by atoms with Gasteiger partial charge in [-0.3, -0.25) is 4.68 Å². The predicted octanol–water partition coefficient (Wildman–Crippen LogP) is 4.23. The molecule has 3 rings (SSSR count). The van der Waals surface area contributed by atoms with E-state index in [1.54, 1.807) is 0 Å².